The second-order valence-corrected chi connectivity index (χ2v) is 36.6. The molecule has 0 fully saturated rings. The van der Waals surface area contributed by atoms with Crippen molar-refractivity contribution in [3.63, 3.8) is 0 Å². The maximum absolute atomic E-state index is 2.46. The number of hydrogen-bond donors (Lipinski definition) is 0. The Labute approximate surface area is 288 Å². The minimum Gasteiger partial charge on any atom is -0.0748 e. The Morgan fingerprint density at radius 3 is 0.854 bits per heavy atom. The van der Waals surface area contributed by atoms with Crippen LogP contribution < -0.4 is 0 Å². The lowest BCUT2D eigenvalue weighted by molar-refractivity contribution is 0.761. The van der Waals surface area contributed by atoms with Gasteiger partial charge in [0.2, 0.25) is 0 Å². The molecule has 0 nitrogen and oxygen atoms in total. The smallest absolute Gasteiger partial charge is 0.0305 e. The standard InChI is InChI=1S/C9H24Si2.2C7H20Si2.C5H16Si2.C3H12Si2/c1-10(2)8-6-5-7-9-11(3)4;1-8(2)6-5-7-9(3)4;1-8-6-4-3-5-7-9-2;1-6-4-3-5-7-2;4-2-1-3-5/h10-11H,5-9H2,1-4H3;8-9H,5-7H2,1-4H3;3-9H2,1-2H3;3-7H2,1-2H3;1-3H2,4-5H3. The summed E-state index contributed by atoms with van der Waals surface area (Å²) < 4.78 is 0. The van der Waals surface area contributed by atoms with Gasteiger partial charge in [0.05, 0.1) is 0 Å². The average molecular weight is 746 g/mol. The van der Waals surface area contributed by atoms with Gasteiger partial charge in [-0.2, -0.15) is 0 Å². The highest BCUT2D eigenvalue weighted by atomic mass is 28.3. The molecule has 10 heteroatoms. The van der Waals surface area contributed by atoms with Crippen LogP contribution in [0.5, 0.6) is 0 Å². The molecule has 0 saturated heterocycles. The fourth-order valence-electron chi connectivity index (χ4n) is 4.28. The van der Waals surface area contributed by atoms with Crippen LogP contribution in [0.3, 0.4) is 0 Å². The van der Waals surface area contributed by atoms with E-state index in [0.717, 1.165) is 0 Å². The van der Waals surface area contributed by atoms with Crippen molar-refractivity contribution in [3.8, 4) is 0 Å². The first-order chi connectivity index (χ1) is 19.5. The van der Waals surface area contributed by atoms with Gasteiger partial charge in [-0.3, -0.25) is 0 Å². The van der Waals surface area contributed by atoms with Gasteiger partial charge in [-0.05, 0) is 0 Å². The molecule has 0 spiro atoms. The van der Waals surface area contributed by atoms with E-state index in [2.05, 4.69) is 78.6 Å². The highest BCUT2D eigenvalue weighted by Gasteiger charge is 1.98. The first kappa shape index (κ1) is 52.7. The molecule has 0 radical (unpaired) electrons. The average Bonchev–Trinajstić information content (AvgIpc) is 2.90. The van der Waals surface area contributed by atoms with E-state index in [-0.39, 0.29) is 35.2 Å². The fourth-order valence-corrected chi connectivity index (χ4v) is 16.0. The van der Waals surface area contributed by atoms with Gasteiger partial charge in [0.25, 0.3) is 0 Å². The SMILES string of the molecule is C[SiH2]CCCCC[SiH2]C.C[SiH2]CCC[SiH2]C.C[SiH](C)CCCCC[SiH](C)C.C[SiH](C)CCC[SiH](C)C.[SiH3]CCC[SiH3]. The molecule has 0 unspecified atom stereocenters. The molecule has 0 aliphatic heterocycles. The first-order valence-corrected chi connectivity index (χ1v) is 44.5. The lowest BCUT2D eigenvalue weighted by Crippen LogP contribution is -2.03. The molecular formula is C31H92Si10. The largest absolute Gasteiger partial charge is 0.0748 e. The predicted octanol–water partition coefficient (Wildman–Crippen LogP) is 6.50. The quantitative estimate of drug-likeness (QED) is 0.0878. The van der Waals surface area contributed by atoms with E-state index in [0.29, 0.717) is 38.1 Å². The summed E-state index contributed by atoms with van der Waals surface area (Å²) >= 11 is 0. The van der Waals surface area contributed by atoms with Gasteiger partial charge >= 0.3 is 0 Å². The van der Waals surface area contributed by atoms with Crippen molar-refractivity contribution in [1.29, 1.82) is 0 Å². The third kappa shape index (κ3) is 85.7. The maximum Gasteiger partial charge on any atom is 0.0305 e. The molecule has 41 heavy (non-hydrogen) atoms. The number of hydrogen-bond acceptors (Lipinski definition) is 0. The molecule has 0 atom stereocenters. The summed E-state index contributed by atoms with van der Waals surface area (Å²) in [6, 6.07) is 15.7. The van der Waals surface area contributed by atoms with Crippen molar-refractivity contribution in [1.82, 2.24) is 0 Å². The van der Waals surface area contributed by atoms with Gasteiger partial charge in [-0.15, -0.1) is 0 Å². The Balaban J connectivity index is -0.000000135. The third-order valence-corrected chi connectivity index (χ3v) is 19.7. The molecule has 0 rings (SSSR count). The summed E-state index contributed by atoms with van der Waals surface area (Å²) in [7, 11) is 3.59. The second-order valence-electron chi connectivity index (χ2n) is 14.3. The molecular weight excluding hydrogens is 653 g/mol. The Kier molecular flexibility index (Phi) is 66.5. The molecule has 0 saturated carbocycles. The predicted molar refractivity (Wildman–Crippen MR) is 243 cm³/mol. The van der Waals surface area contributed by atoms with E-state index in [9.17, 15) is 0 Å². The highest BCUT2D eigenvalue weighted by Crippen LogP contribution is 2.08. The minimum atomic E-state index is -0.226. The van der Waals surface area contributed by atoms with E-state index < -0.39 is 0 Å². The third-order valence-electron chi connectivity index (χ3n) is 7.25. The summed E-state index contributed by atoms with van der Waals surface area (Å²) in [6.45, 7) is 29.2. The second kappa shape index (κ2) is 51.7. The van der Waals surface area contributed by atoms with Crippen molar-refractivity contribution in [2.24, 2.45) is 0 Å². The van der Waals surface area contributed by atoms with Gasteiger partial charge in [-0.25, -0.2) is 0 Å². The molecule has 0 N–H and O–H groups in total. The van der Waals surface area contributed by atoms with Crippen molar-refractivity contribution < 1.29 is 0 Å². The van der Waals surface area contributed by atoms with Crippen LogP contribution in [0.15, 0.2) is 0 Å². The van der Waals surface area contributed by atoms with Crippen LogP contribution in [-0.4, -0.2) is 93.8 Å². The molecule has 0 bridgehead atoms. The minimum absolute atomic E-state index is 0.207. The topological polar surface area (TPSA) is 0 Å². The molecule has 0 aromatic heterocycles. The molecule has 0 aromatic carbocycles. The monoisotopic (exact) mass is 744 g/mol. The van der Waals surface area contributed by atoms with Crippen LogP contribution in [0.25, 0.3) is 0 Å². The van der Waals surface area contributed by atoms with Crippen LogP contribution in [0.4, 0.5) is 0 Å². The van der Waals surface area contributed by atoms with Crippen LogP contribution >= 0.6 is 0 Å². The molecule has 256 valence electrons. The summed E-state index contributed by atoms with van der Waals surface area (Å²) in [4.78, 5) is 0. The lowest BCUT2D eigenvalue weighted by atomic mass is 10.3. The van der Waals surface area contributed by atoms with Gasteiger partial charge in [0.15, 0.2) is 0 Å². The van der Waals surface area contributed by atoms with E-state index in [1.807, 2.05) is 0 Å². The van der Waals surface area contributed by atoms with Crippen molar-refractivity contribution >= 4 is 93.8 Å². The Hall–Kier alpha value is 2.17. The molecule has 0 aliphatic carbocycles. The Bertz CT molecular complexity index is 354. The van der Waals surface area contributed by atoms with Gasteiger partial charge in [0, 0.05) is 93.8 Å². The first-order valence-electron chi connectivity index (χ1n) is 19.5. The van der Waals surface area contributed by atoms with E-state index in [4.69, 9.17) is 0 Å². The fraction of sp³-hybridized carbons (Fsp3) is 1.00. The summed E-state index contributed by atoms with van der Waals surface area (Å²) in [5, 5.41) is 0. The highest BCUT2D eigenvalue weighted by molar-refractivity contribution is 6.57. The zero-order chi connectivity index (χ0) is 32.6. The summed E-state index contributed by atoms with van der Waals surface area (Å²) in [5.74, 6) is 0. The number of rotatable bonds is 22. The van der Waals surface area contributed by atoms with Crippen LogP contribution in [0, 0.1) is 0 Å². The van der Waals surface area contributed by atoms with Gasteiger partial charge < -0.3 is 0 Å². The molecule has 0 aliphatic rings. The molecule has 0 aromatic rings. The number of unbranched alkanes of at least 4 members (excludes halogenated alkanes) is 4. The van der Waals surface area contributed by atoms with Crippen molar-refractivity contribution in [2.45, 2.75) is 197 Å². The van der Waals surface area contributed by atoms with Crippen molar-refractivity contribution in [2.75, 3.05) is 0 Å². The molecule has 0 heterocycles. The van der Waals surface area contributed by atoms with Gasteiger partial charge in [0.1, 0.15) is 0 Å². The van der Waals surface area contributed by atoms with Crippen LogP contribution in [0.1, 0.15) is 57.8 Å². The normalized spacial score (nSPS) is 11.7. The van der Waals surface area contributed by atoms with Crippen LogP contribution in [0.2, 0.25) is 139 Å². The van der Waals surface area contributed by atoms with E-state index in [1.54, 1.807) is 54.8 Å². The van der Waals surface area contributed by atoms with Crippen LogP contribution in [-0.2, 0) is 0 Å². The lowest BCUT2D eigenvalue weighted by Gasteiger charge is -2.04. The maximum atomic E-state index is 2.46. The molecule has 0 amide bonds. The van der Waals surface area contributed by atoms with E-state index >= 15 is 0 Å². The van der Waals surface area contributed by atoms with E-state index in [1.165, 1.54) is 83.9 Å². The zero-order valence-corrected chi connectivity index (χ0v) is 46.8. The summed E-state index contributed by atoms with van der Waals surface area (Å²) in [6.07, 6.45) is 13.8. The van der Waals surface area contributed by atoms with Gasteiger partial charge in [-0.1, -0.05) is 197 Å². The zero-order valence-electron chi connectivity index (χ0n) is 32.6. The van der Waals surface area contributed by atoms with Crippen molar-refractivity contribution in [3.05, 3.63) is 0 Å². The Morgan fingerprint density at radius 1 is 0.341 bits per heavy atom. The Morgan fingerprint density at radius 2 is 0.610 bits per heavy atom. The summed E-state index contributed by atoms with van der Waals surface area (Å²) in [5.41, 5.74) is 0.